The fraction of sp³-hybridized carbons (Fsp3) is 0.154. The average Bonchev–Trinajstić information content (AvgIpc) is 2.83. The Hall–Kier alpha value is -3.02. The van der Waals surface area contributed by atoms with E-state index < -0.39 is 0 Å². The minimum Gasteiger partial charge on any atom is -0.465 e. The fourth-order valence-corrected chi connectivity index (χ4v) is 4.72. The van der Waals surface area contributed by atoms with Crippen LogP contribution in [0.15, 0.2) is 76.2 Å². The molecule has 0 bridgehead atoms. The van der Waals surface area contributed by atoms with Crippen molar-refractivity contribution in [2.24, 2.45) is 10.7 Å². The van der Waals surface area contributed by atoms with Crippen LogP contribution in [-0.4, -0.2) is 25.5 Å². The number of aliphatic imine (C=N–C) groups is 1. The van der Waals surface area contributed by atoms with Gasteiger partial charge in [0.1, 0.15) is 0 Å². The van der Waals surface area contributed by atoms with Gasteiger partial charge in [0.2, 0.25) is 0 Å². The van der Waals surface area contributed by atoms with Crippen LogP contribution < -0.4 is 5.73 Å². The van der Waals surface area contributed by atoms with Crippen LogP contribution in [0.4, 0.5) is 5.69 Å². The Kier molecular flexibility index (Phi) is 6.68. The van der Waals surface area contributed by atoms with Gasteiger partial charge in [-0.3, -0.25) is 4.99 Å². The molecule has 0 fully saturated rings. The van der Waals surface area contributed by atoms with Crippen LogP contribution in [0.1, 0.15) is 27.9 Å². The van der Waals surface area contributed by atoms with Crippen LogP contribution in [0, 0.1) is 0 Å². The molecule has 4 rings (SSSR count). The lowest BCUT2D eigenvalue weighted by Gasteiger charge is -2.26. The van der Waals surface area contributed by atoms with Gasteiger partial charge in [-0.1, -0.05) is 41.9 Å². The number of methoxy groups -OCH3 is 1. The first-order chi connectivity index (χ1) is 15.5. The van der Waals surface area contributed by atoms with Crippen molar-refractivity contribution in [3.05, 3.63) is 88.1 Å². The lowest BCUT2D eigenvalue weighted by molar-refractivity contribution is 0.0596. The van der Waals surface area contributed by atoms with Crippen molar-refractivity contribution in [2.75, 3.05) is 13.4 Å². The summed E-state index contributed by atoms with van der Waals surface area (Å²) in [5.74, 6) is -0.381. The zero-order valence-corrected chi connectivity index (χ0v) is 19.5. The molecule has 3 aromatic rings. The van der Waals surface area contributed by atoms with E-state index in [9.17, 15) is 4.79 Å². The molecular formula is C26H23ClN2O2S. The number of carbonyl (C=O) groups is 1. The minimum atomic E-state index is -0.381. The zero-order chi connectivity index (χ0) is 22.7. The molecule has 0 unspecified atom stereocenters. The summed E-state index contributed by atoms with van der Waals surface area (Å²) < 4.78 is 5.17. The summed E-state index contributed by atoms with van der Waals surface area (Å²) in [6.45, 7) is 0. The van der Waals surface area contributed by atoms with Crippen molar-refractivity contribution < 1.29 is 9.53 Å². The number of thioether (sulfide) groups is 1. The summed E-state index contributed by atoms with van der Waals surface area (Å²) >= 11 is 7.63. The number of para-hydroxylation sites is 1. The third-order valence-electron chi connectivity index (χ3n) is 5.52. The topological polar surface area (TPSA) is 64.7 Å². The summed E-state index contributed by atoms with van der Waals surface area (Å²) in [6, 6.07) is 19.5. The molecule has 32 heavy (non-hydrogen) atoms. The predicted molar refractivity (Wildman–Crippen MR) is 134 cm³/mol. The van der Waals surface area contributed by atoms with Gasteiger partial charge in [0, 0.05) is 33.0 Å². The first-order valence-corrected chi connectivity index (χ1v) is 11.8. The number of hydrogen-bond donors (Lipinski definition) is 1. The standard InChI is InChI=1S/C26H23ClN2O2S/c1-31-26(30)25-23(32-2)14-20(16-8-10-17(27)11-9-16)19-12-13-22(28)21(24(19)25)15-29-18-6-4-3-5-7-18/h3-11,14-15H,12-13,28H2,1-2H3. The monoisotopic (exact) mass is 462 g/mol. The van der Waals surface area contributed by atoms with Crippen molar-refractivity contribution in [1.29, 1.82) is 0 Å². The maximum Gasteiger partial charge on any atom is 0.339 e. The molecule has 1 aliphatic carbocycles. The Labute approximate surface area is 197 Å². The van der Waals surface area contributed by atoms with Gasteiger partial charge in [-0.05, 0) is 66.1 Å². The van der Waals surface area contributed by atoms with E-state index in [-0.39, 0.29) is 5.97 Å². The molecule has 162 valence electrons. The molecular weight excluding hydrogens is 440 g/mol. The molecule has 0 spiro atoms. The molecule has 4 nitrogen and oxygen atoms in total. The summed E-state index contributed by atoms with van der Waals surface area (Å²) in [5.41, 5.74) is 13.3. The second kappa shape index (κ2) is 9.63. The summed E-state index contributed by atoms with van der Waals surface area (Å²) in [7, 11) is 1.40. The molecule has 0 aliphatic heterocycles. The minimum absolute atomic E-state index is 0.381. The molecule has 0 aromatic heterocycles. The first-order valence-electron chi connectivity index (χ1n) is 10.2. The molecule has 6 heteroatoms. The van der Waals surface area contributed by atoms with Crippen LogP contribution in [-0.2, 0) is 11.2 Å². The highest BCUT2D eigenvalue weighted by atomic mass is 35.5. The smallest absolute Gasteiger partial charge is 0.339 e. The highest BCUT2D eigenvalue weighted by Gasteiger charge is 2.29. The van der Waals surface area contributed by atoms with Gasteiger partial charge >= 0.3 is 5.97 Å². The lowest BCUT2D eigenvalue weighted by Crippen LogP contribution is -2.18. The van der Waals surface area contributed by atoms with Gasteiger partial charge in [-0.15, -0.1) is 11.8 Å². The molecule has 0 heterocycles. The second-order valence-corrected chi connectivity index (χ2v) is 8.67. The molecule has 2 N–H and O–H groups in total. The third-order valence-corrected chi connectivity index (χ3v) is 6.54. The SMILES string of the molecule is COC(=O)c1c(SC)cc(-c2ccc(Cl)cc2)c2c1C(C=Nc1ccccc1)=C(N)CC2. The second-order valence-electron chi connectivity index (χ2n) is 7.39. The van der Waals surface area contributed by atoms with E-state index in [1.165, 1.54) is 18.9 Å². The van der Waals surface area contributed by atoms with Crippen LogP contribution in [0.25, 0.3) is 16.7 Å². The van der Waals surface area contributed by atoms with Crippen molar-refractivity contribution in [2.45, 2.75) is 17.7 Å². The third kappa shape index (κ3) is 4.31. The van der Waals surface area contributed by atoms with Crippen LogP contribution in [0.2, 0.25) is 5.02 Å². The van der Waals surface area contributed by atoms with E-state index >= 15 is 0 Å². The molecule has 0 saturated carbocycles. The number of halogens is 1. The van der Waals surface area contributed by atoms with Gasteiger partial charge in [0.25, 0.3) is 0 Å². The Balaban J connectivity index is 1.98. The Morgan fingerprint density at radius 2 is 1.84 bits per heavy atom. The number of carbonyl (C=O) groups excluding carboxylic acids is 1. The van der Waals surface area contributed by atoms with Crippen molar-refractivity contribution in [3.63, 3.8) is 0 Å². The average molecular weight is 463 g/mol. The molecule has 0 saturated heterocycles. The van der Waals surface area contributed by atoms with Crippen LogP contribution in [0.3, 0.4) is 0 Å². The zero-order valence-electron chi connectivity index (χ0n) is 17.9. The Bertz CT molecular complexity index is 1220. The molecule has 1 aliphatic rings. The van der Waals surface area contributed by atoms with Crippen LogP contribution >= 0.6 is 23.4 Å². The number of hydrogen-bond acceptors (Lipinski definition) is 5. The Morgan fingerprint density at radius 1 is 1.12 bits per heavy atom. The van der Waals surface area contributed by atoms with E-state index in [0.29, 0.717) is 22.7 Å². The van der Waals surface area contributed by atoms with Gasteiger partial charge in [-0.2, -0.15) is 0 Å². The van der Waals surface area contributed by atoms with E-state index in [4.69, 9.17) is 22.1 Å². The van der Waals surface area contributed by atoms with Crippen molar-refractivity contribution >= 4 is 46.8 Å². The molecule has 0 radical (unpaired) electrons. The van der Waals surface area contributed by atoms with E-state index in [0.717, 1.165) is 44.8 Å². The lowest BCUT2D eigenvalue weighted by atomic mass is 9.81. The molecule has 0 atom stereocenters. The van der Waals surface area contributed by atoms with Gasteiger partial charge < -0.3 is 10.5 Å². The summed E-state index contributed by atoms with van der Waals surface area (Å²) in [5, 5.41) is 0.679. The van der Waals surface area contributed by atoms with Gasteiger partial charge in [0.15, 0.2) is 0 Å². The summed E-state index contributed by atoms with van der Waals surface area (Å²) in [6.07, 6.45) is 5.13. The fourth-order valence-electron chi connectivity index (χ4n) is 3.96. The van der Waals surface area contributed by atoms with E-state index in [2.05, 4.69) is 11.1 Å². The highest BCUT2D eigenvalue weighted by Crippen LogP contribution is 2.42. The van der Waals surface area contributed by atoms with Crippen molar-refractivity contribution in [1.82, 2.24) is 0 Å². The molecule has 3 aromatic carbocycles. The number of rotatable bonds is 5. The largest absolute Gasteiger partial charge is 0.465 e. The quantitative estimate of drug-likeness (QED) is 0.266. The number of ether oxygens (including phenoxy) is 1. The van der Waals surface area contributed by atoms with Gasteiger partial charge in [-0.25, -0.2) is 4.79 Å². The normalized spacial score (nSPS) is 13.3. The summed E-state index contributed by atoms with van der Waals surface area (Å²) in [4.78, 5) is 18.4. The molecule has 0 amide bonds. The Morgan fingerprint density at radius 3 is 2.50 bits per heavy atom. The van der Waals surface area contributed by atoms with E-state index in [1.54, 1.807) is 6.21 Å². The number of nitrogens with two attached hydrogens (primary N) is 1. The number of nitrogens with zero attached hydrogens (tertiary/aromatic N) is 1. The number of allylic oxidation sites excluding steroid dienone is 2. The maximum atomic E-state index is 12.9. The van der Waals surface area contributed by atoms with Crippen LogP contribution in [0.5, 0.6) is 0 Å². The highest BCUT2D eigenvalue weighted by molar-refractivity contribution is 7.98. The number of esters is 1. The number of fused-ring (bicyclic) bond motifs is 1. The van der Waals surface area contributed by atoms with Crippen molar-refractivity contribution in [3.8, 4) is 11.1 Å². The van der Waals surface area contributed by atoms with E-state index in [1.807, 2.05) is 60.9 Å². The first kappa shape index (κ1) is 22.2. The van der Waals surface area contributed by atoms with Gasteiger partial charge in [0.05, 0.1) is 18.4 Å². The maximum absolute atomic E-state index is 12.9. The number of benzene rings is 3. The predicted octanol–water partition coefficient (Wildman–Crippen LogP) is 6.53.